The third-order valence-electron chi connectivity index (χ3n) is 7.24. The van der Waals surface area contributed by atoms with Crippen molar-refractivity contribution in [2.75, 3.05) is 25.0 Å². The molecule has 0 unspecified atom stereocenters. The number of amides is 1. The van der Waals surface area contributed by atoms with Crippen LogP contribution < -0.4 is 9.80 Å². The summed E-state index contributed by atoms with van der Waals surface area (Å²) < 4.78 is 0. The summed E-state index contributed by atoms with van der Waals surface area (Å²) >= 11 is 1.21. The maximum absolute atomic E-state index is 13.9. The number of anilines is 1. The number of carbonyl (C=O) groups is 2. The minimum Gasteiger partial charge on any atom is -0.477 e. The third kappa shape index (κ3) is 5.13. The number of quaternary nitrogens is 1. The van der Waals surface area contributed by atoms with E-state index in [2.05, 4.69) is 20.0 Å². The van der Waals surface area contributed by atoms with Crippen LogP contribution in [0.25, 0.3) is 10.4 Å². The van der Waals surface area contributed by atoms with Crippen LogP contribution >= 0.6 is 11.3 Å². The molecule has 1 aromatic heterocycles. The molecule has 2 heterocycles. The van der Waals surface area contributed by atoms with Gasteiger partial charge < -0.3 is 14.9 Å². The standard InChI is InChI=1S/C26H31N3O3S/c1-17-3-7-20(8-4-17)25(30)29(21-11-13-28(2)14-12-21)22-15-23(33-24(22)26(31)32)19-9-5-18(16-27)6-10-19/h5-6,9-10,15,17,20-21H,3-4,7-8,11-14H2,1-2H3,(H,31,32)/p+1. The Hall–Kier alpha value is -2.69. The van der Waals surface area contributed by atoms with E-state index in [1.165, 1.54) is 16.2 Å². The van der Waals surface area contributed by atoms with E-state index in [1.54, 1.807) is 12.1 Å². The Labute approximate surface area is 199 Å². The number of aromatic carboxylic acids is 1. The Morgan fingerprint density at radius 1 is 1.09 bits per heavy atom. The molecule has 1 aromatic carbocycles. The second-order valence-electron chi connectivity index (χ2n) is 9.67. The van der Waals surface area contributed by atoms with E-state index in [0.717, 1.165) is 62.1 Å². The van der Waals surface area contributed by atoms with Gasteiger partial charge in [0.15, 0.2) is 0 Å². The molecule has 2 N–H and O–H groups in total. The maximum atomic E-state index is 13.9. The van der Waals surface area contributed by atoms with Crippen molar-refractivity contribution in [1.82, 2.24) is 0 Å². The fourth-order valence-electron chi connectivity index (χ4n) is 5.12. The van der Waals surface area contributed by atoms with E-state index in [1.807, 2.05) is 23.1 Å². The van der Waals surface area contributed by atoms with Crippen LogP contribution in [-0.2, 0) is 4.79 Å². The monoisotopic (exact) mass is 466 g/mol. The van der Waals surface area contributed by atoms with Crippen molar-refractivity contribution in [1.29, 1.82) is 5.26 Å². The third-order valence-corrected chi connectivity index (χ3v) is 8.40. The highest BCUT2D eigenvalue weighted by Crippen LogP contribution is 2.40. The summed E-state index contributed by atoms with van der Waals surface area (Å²) in [5.74, 6) is -0.289. The second-order valence-corrected chi connectivity index (χ2v) is 10.7. The number of nitriles is 1. The summed E-state index contributed by atoms with van der Waals surface area (Å²) in [7, 11) is 2.17. The predicted molar refractivity (Wildman–Crippen MR) is 130 cm³/mol. The quantitative estimate of drug-likeness (QED) is 0.701. The topological polar surface area (TPSA) is 85.8 Å². The van der Waals surface area contributed by atoms with Gasteiger partial charge in [0, 0.05) is 29.7 Å². The molecule has 0 atom stereocenters. The highest BCUT2D eigenvalue weighted by molar-refractivity contribution is 7.18. The van der Waals surface area contributed by atoms with Gasteiger partial charge in [-0.1, -0.05) is 19.1 Å². The van der Waals surface area contributed by atoms with Crippen molar-refractivity contribution in [2.24, 2.45) is 11.8 Å². The highest BCUT2D eigenvalue weighted by atomic mass is 32.1. The first kappa shape index (κ1) is 23.5. The number of nitrogens with zero attached hydrogens (tertiary/aromatic N) is 2. The number of carboxylic acid groups (broad SMARTS) is 1. The van der Waals surface area contributed by atoms with Crippen LogP contribution in [0.5, 0.6) is 0 Å². The first-order chi connectivity index (χ1) is 15.9. The molecule has 0 radical (unpaired) electrons. The number of thiophene rings is 1. The molecule has 0 spiro atoms. The molecule has 2 aromatic rings. The fraction of sp³-hybridized carbons (Fsp3) is 0.500. The number of hydrogen-bond donors (Lipinski definition) is 2. The summed E-state index contributed by atoms with van der Waals surface area (Å²) in [4.78, 5) is 30.5. The van der Waals surface area contributed by atoms with E-state index in [9.17, 15) is 14.7 Å². The van der Waals surface area contributed by atoms with Gasteiger partial charge in [-0.3, -0.25) is 4.79 Å². The minimum atomic E-state index is -0.997. The SMILES string of the molecule is CC1CCC(C(=O)N(c2cc(-c3ccc(C#N)cc3)sc2C(=O)O)C2CC[NH+](C)CC2)CC1. The van der Waals surface area contributed by atoms with Gasteiger partial charge >= 0.3 is 5.97 Å². The van der Waals surface area contributed by atoms with E-state index in [0.29, 0.717) is 17.2 Å². The van der Waals surface area contributed by atoms with Gasteiger partial charge in [-0.25, -0.2) is 4.79 Å². The van der Waals surface area contributed by atoms with Crippen molar-refractivity contribution in [3.8, 4) is 16.5 Å². The molecule has 1 saturated heterocycles. The first-order valence-corrected chi connectivity index (χ1v) is 12.7. The minimum absolute atomic E-state index is 0.0297. The average Bonchev–Trinajstić information content (AvgIpc) is 3.26. The van der Waals surface area contributed by atoms with Gasteiger partial charge in [-0.05, 0) is 55.4 Å². The summed E-state index contributed by atoms with van der Waals surface area (Å²) in [6.07, 6.45) is 5.61. The molecular formula is C26H32N3O3S+. The summed E-state index contributed by atoms with van der Waals surface area (Å²) in [5, 5.41) is 19.1. The fourth-order valence-corrected chi connectivity index (χ4v) is 6.11. The van der Waals surface area contributed by atoms with Gasteiger partial charge in [0.25, 0.3) is 0 Å². The summed E-state index contributed by atoms with van der Waals surface area (Å²) in [5.41, 5.74) is 1.96. The Kier molecular flexibility index (Phi) is 7.16. The van der Waals surface area contributed by atoms with Crippen LogP contribution in [0.15, 0.2) is 30.3 Å². The zero-order valence-corrected chi connectivity index (χ0v) is 20.2. The van der Waals surface area contributed by atoms with E-state index in [4.69, 9.17) is 5.26 Å². The molecule has 7 heteroatoms. The predicted octanol–water partition coefficient (Wildman–Crippen LogP) is 3.82. The van der Waals surface area contributed by atoms with Gasteiger partial charge in [0.2, 0.25) is 5.91 Å². The van der Waals surface area contributed by atoms with Gasteiger partial charge in [0.1, 0.15) is 4.88 Å². The number of likely N-dealkylation sites (tertiary alicyclic amines) is 1. The molecular weight excluding hydrogens is 434 g/mol. The molecule has 2 aliphatic rings. The number of hydrogen-bond acceptors (Lipinski definition) is 4. The molecule has 6 nitrogen and oxygen atoms in total. The Balaban J connectivity index is 1.73. The molecule has 1 amide bonds. The maximum Gasteiger partial charge on any atom is 0.348 e. The first-order valence-electron chi connectivity index (χ1n) is 11.9. The van der Waals surface area contributed by atoms with Crippen molar-refractivity contribution >= 4 is 28.9 Å². The van der Waals surface area contributed by atoms with Crippen LogP contribution in [0.4, 0.5) is 5.69 Å². The number of piperidine rings is 1. The molecule has 1 aliphatic carbocycles. The van der Waals surface area contributed by atoms with Gasteiger partial charge in [-0.15, -0.1) is 11.3 Å². The summed E-state index contributed by atoms with van der Waals surface area (Å²) in [6, 6.07) is 11.2. The van der Waals surface area contributed by atoms with Crippen molar-refractivity contribution in [2.45, 2.75) is 51.5 Å². The Morgan fingerprint density at radius 2 is 1.73 bits per heavy atom. The number of nitrogens with one attached hydrogen (secondary N) is 1. The van der Waals surface area contributed by atoms with Crippen molar-refractivity contribution in [3.05, 3.63) is 40.8 Å². The van der Waals surface area contributed by atoms with Crippen molar-refractivity contribution < 1.29 is 19.6 Å². The highest BCUT2D eigenvalue weighted by Gasteiger charge is 2.37. The molecule has 174 valence electrons. The summed E-state index contributed by atoms with van der Waals surface area (Å²) in [6.45, 7) is 4.19. The molecule has 1 saturated carbocycles. The molecule has 33 heavy (non-hydrogen) atoms. The van der Waals surface area contributed by atoms with E-state index in [-0.39, 0.29) is 22.7 Å². The van der Waals surface area contributed by atoms with Crippen LogP contribution in [-0.4, -0.2) is 43.2 Å². The molecule has 4 rings (SSSR count). The lowest BCUT2D eigenvalue weighted by Gasteiger charge is -2.38. The molecule has 1 aliphatic heterocycles. The van der Waals surface area contributed by atoms with E-state index >= 15 is 0 Å². The molecule has 0 bridgehead atoms. The molecule has 2 fully saturated rings. The number of benzene rings is 1. The number of carbonyl (C=O) groups excluding carboxylic acids is 1. The van der Waals surface area contributed by atoms with Crippen LogP contribution in [0.1, 0.15) is 60.7 Å². The van der Waals surface area contributed by atoms with Crippen LogP contribution in [0.2, 0.25) is 0 Å². The Bertz CT molecular complexity index is 1040. The zero-order valence-electron chi connectivity index (χ0n) is 19.3. The largest absolute Gasteiger partial charge is 0.477 e. The lowest BCUT2D eigenvalue weighted by atomic mass is 9.82. The Morgan fingerprint density at radius 3 is 2.30 bits per heavy atom. The zero-order chi connectivity index (χ0) is 23.5. The van der Waals surface area contributed by atoms with Crippen LogP contribution in [0.3, 0.4) is 0 Å². The number of carboxylic acids is 1. The average molecular weight is 467 g/mol. The normalized spacial score (nSPS) is 25.2. The number of rotatable bonds is 5. The van der Waals surface area contributed by atoms with Gasteiger partial charge in [-0.2, -0.15) is 5.26 Å². The smallest absolute Gasteiger partial charge is 0.348 e. The lowest BCUT2D eigenvalue weighted by molar-refractivity contribution is -0.884. The van der Waals surface area contributed by atoms with Crippen LogP contribution in [0, 0.1) is 23.2 Å². The van der Waals surface area contributed by atoms with Gasteiger partial charge in [0.05, 0.1) is 37.5 Å². The van der Waals surface area contributed by atoms with Crippen molar-refractivity contribution in [3.63, 3.8) is 0 Å². The lowest BCUT2D eigenvalue weighted by Crippen LogP contribution is -3.10. The van der Waals surface area contributed by atoms with E-state index < -0.39 is 5.97 Å². The second kappa shape index (κ2) is 10.1.